The number of aryl methyl sites for hydroxylation is 2. The molecule has 0 aliphatic heterocycles. The van der Waals surface area contributed by atoms with E-state index in [1.807, 2.05) is 6.92 Å². The van der Waals surface area contributed by atoms with Crippen molar-refractivity contribution in [3.05, 3.63) is 28.9 Å². The number of carbonyl (C=O) groups is 2. The van der Waals surface area contributed by atoms with Crippen molar-refractivity contribution >= 4 is 17.6 Å². The lowest BCUT2D eigenvalue weighted by molar-refractivity contribution is 0.0594. The predicted octanol–water partition coefficient (Wildman–Crippen LogP) is 1.71. The van der Waals surface area contributed by atoms with E-state index in [-0.39, 0.29) is 11.4 Å². The van der Waals surface area contributed by atoms with Gasteiger partial charge in [-0.05, 0) is 13.3 Å². The minimum absolute atomic E-state index is 0.0492. The lowest BCUT2D eigenvalue weighted by atomic mass is 10.2. The summed E-state index contributed by atoms with van der Waals surface area (Å²) in [4.78, 5) is 24.0. The zero-order chi connectivity index (χ0) is 16.3. The molecule has 2 rings (SSSR count). The summed E-state index contributed by atoms with van der Waals surface area (Å²) in [7, 11) is 2.93. The third-order valence-corrected chi connectivity index (χ3v) is 3.24. The number of hydrogen-bond donors (Lipinski definition) is 1. The number of methoxy groups -OCH3 is 1. The summed E-state index contributed by atoms with van der Waals surface area (Å²) < 4.78 is 11.2. The number of rotatable bonds is 5. The molecule has 0 fully saturated rings. The van der Waals surface area contributed by atoms with E-state index in [0.29, 0.717) is 23.6 Å². The molecular weight excluding hydrogens is 288 g/mol. The number of esters is 1. The second kappa shape index (κ2) is 6.42. The van der Waals surface area contributed by atoms with Crippen molar-refractivity contribution in [2.75, 3.05) is 12.4 Å². The van der Waals surface area contributed by atoms with Gasteiger partial charge in [0, 0.05) is 19.5 Å². The average molecular weight is 306 g/mol. The van der Waals surface area contributed by atoms with Gasteiger partial charge in [0.2, 0.25) is 0 Å². The number of amides is 1. The Kier molecular flexibility index (Phi) is 4.59. The van der Waals surface area contributed by atoms with Crippen LogP contribution in [0.1, 0.15) is 45.8 Å². The molecule has 1 N–H and O–H groups in total. The third kappa shape index (κ3) is 3.00. The average Bonchev–Trinajstić information content (AvgIpc) is 3.07. The van der Waals surface area contributed by atoms with Crippen molar-refractivity contribution in [2.45, 2.75) is 26.7 Å². The molecule has 1 amide bonds. The lowest BCUT2D eigenvalue weighted by Crippen LogP contribution is -2.15. The Balaban J connectivity index is 2.25. The van der Waals surface area contributed by atoms with Crippen LogP contribution < -0.4 is 5.32 Å². The van der Waals surface area contributed by atoms with Crippen molar-refractivity contribution in [1.82, 2.24) is 14.9 Å². The Morgan fingerprint density at radius 1 is 1.45 bits per heavy atom. The molecule has 8 nitrogen and oxygen atoms in total. The summed E-state index contributed by atoms with van der Waals surface area (Å²) in [5.74, 6) is -0.443. The molecule has 8 heteroatoms. The molecule has 0 saturated heterocycles. The van der Waals surface area contributed by atoms with E-state index in [4.69, 9.17) is 4.52 Å². The van der Waals surface area contributed by atoms with E-state index >= 15 is 0 Å². The number of anilines is 1. The van der Waals surface area contributed by atoms with Gasteiger partial charge in [-0.3, -0.25) is 9.48 Å². The molecule has 0 aliphatic carbocycles. The van der Waals surface area contributed by atoms with Crippen molar-refractivity contribution < 1.29 is 18.8 Å². The summed E-state index contributed by atoms with van der Waals surface area (Å²) in [6.45, 7) is 3.74. The first-order valence-electron chi connectivity index (χ1n) is 6.86. The molecule has 2 aromatic rings. The van der Waals surface area contributed by atoms with Gasteiger partial charge in [0.15, 0.2) is 11.4 Å². The van der Waals surface area contributed by atoms with Crippen LogP contribution in [0.15, 0.2) is 10.6 Å². The summed E-state index contributed by atoms with van der Waals surface area (Å²) in [5, 5.41) is 10.4. The molecular formula is C14H18N4O4. The first-order valence-corrected chi connectivity index (χ1v) is 6.86. The van der Waals surface area contributed by atoms with Gasteiger partial charge in [-0.25, -0.2) is 4.79 Å². The SMILES string of the molecule is CCCc1cc(C(=O)Nc2c(C(=O)OC)nn(C)c2C)no1. The Morgan fingerprint density at radius 3 is 2.82 bits per heavy atom. The minimum Gasteiger partial charge on any atom is -0.464 e. The topological polar surface area (TPSA) is 99.2 Å². The molecule has 2 aromatic heterocycles. The van der Waals surface area contributed by atoms with E-state index in [9.17, 15) is 9.59 Å². The van der Waals surface area contributed by atoms with E-state index in [1.54, 1.807) is 20.0 Å². The quantitative estimate of drug-likeness (QED) is 0.844. The van der Waals surface area contributed by atoms with Gasteiger partial charge in [-0.15, -0.1) is 0 Å². The van der Waals surface area contributed by atoms with E-state index in [0.717, 1.165) is 6.42 Å². The van der Waals surface area contributed by atoms with Crippen LogP contribution >= 0.6 is 0 Å². The minimum atomic E-state index is -0.620. The maximum Gasteiger partial charge on any atom is 0.360 e. The highest BCUT2D eigenvalue weighted by Gasteiger charge is 2.23. The normalized spacial score (nSPS) is 10.5. The van der Waals surface area contributed by atoms with Gasteiger partial charge < -0.3 is 14.6 Å². The Morgan fingerprint density at radius 2 is 2.18 bits per heavy atom. The van der Waals surface area contributed by atoms with Crippen LogP contribution in [-0.2, 0) is 18.2 Å². The van der Waals surface area contributed by atoms with E-state index in [1.165, 1.54) is 11.8 Å². The van der Waals surface area contributed by atoms with Gasteiger partial charge in [-0.1, -0.05) is 12.1 Å². The Hall–Kier alpha value is -2.64. The standard InChI is InChI=1S/C14H18N4O4/c1-5-6-9-7-10(17-22-9)13(19)15-11-8(2)18(3)16-12(11)14(20)21-4/h7H,5-6H2,1-4H3,(H,15,19). The van der Waals surface area contributed by atoms with Crippen molar-refractivity contribution in [2.24, 2.45) is 7.05 Å². The molecule has 0 saturated carbocycles. The summed E-state index contributed by atoms with van der Waals surface area (Å²) in [6.07, 6.45) is 1.60. The highest BCUT2D eigenvalue weighted by molar-refractivity contribution is 6.06. The summed E-state index contributed by atoms with van der Waals surface area (Å²) in [6, 6.07) is 1.59. The maximum atomic E-state index is 12.2. The highest BCUT2D eigenvalue weighted by atomic mass is 16.5. The van der Waals surface area contributed by atoms with E-state index < -0.39 is 11.9 Å². The van der Waals surface area contributed by atoms with Crippen LogP contribution in [0.25, 0.3) is 0 Å². The smallest absolute Gasteiger partial charge is 0.360 e. The second-order valence-corrected chi connectivity index (χ2v) is 4.81. The molecule has 0 aromatic carbocycles. The monoisotopic (exact) mass is 306 g/mol. The molecule has 0 radical (unpaired) electrons. The largest absolute Gasteiger partial charge is 0.464 e. The Labute approximate surface area is 127 Å². The van der Waals surface area contributed by atoms with Crippen LogP contribution in [0.5, 0.6) is 0 Å². The van der Waals surface area contributed by atoms with Crippen LogP contribution in [0.2, 0.25) is 0 Å². The summed E-state index contributed by atoms with van der Waals surface area (Å²) in [5.41, 5.74) is 1.14. The molecule has 0 bridgehead atoms. The molecule has 118 valence electrons. The van der Waals surface area contributed by atoms with Crippen molar-refractivity contribution in [1.29, 1.82) is 0 Å². The number of nitrogens with zero attached hydrogens (tertiary/aromatic N) is 3. The number of nitrogens with one attached hydrogen (secondary N) is 1. The number of hydrogen-bond acceptors (Lipinski definition) is 6. The molecule has 0 atom stereocenters. The predicted molar refractivity (Wildman–Crippen MR) is 77.7 cm³/mol. The lowest BCUT2D eigenvalue weighted by Gasteiger charge is -2.04. The fourth-order valence-corrected chi connectivity index (χ4v) is 1.96. The van der Waals surface area contributed by atoms with E-state index in [2.05, 4.69) is 20.3 Å². The zero-order valence-corrected chi connectivity index (χ0v) is 13.0. The van der Waals surface area contributed by atoms with Gasteiger partial charge in [0.25, 0.3) is 5.91 Å². The number of ether oxygens (including phenoxy) is 1. The summed E-state index contributed by atoms with van der Waals surface area (Å²) >= 11 is 0. The van der Waals surface area contributed by atoms with Crippen LogP contribution in [0.4, 0.5) is 5.69 Å². The number of aromatic nitrogens is 3. The Bertz CT molecular complexity index is 702. The molecule has 2 heterocycles. The molecule has 22 heavy (non-hydrogen) atoms. The molecule has 0 aliphatic rings. The molecule has 0 unspecified atom stereocenters. The van der Waals surface area contributed by atoms with Crippen LogP contribution in [-0.4, -0.2) is 33.9 Å². The maximum absolute atomic E-state index is 12.2. The van der Waals surface area contributed by atoms with Gasteiger partial charge in [0.1, 0.15) is 5.76 Å². The van der Waals surface area contributed by atoms with Gasteiger partial charge in [-0.2, -0.15) is 5.10 Å². The number of carbonyl (C=O) groups excluding carboxylic acids is 2. The van der Waals surface area contributed by atoms with Crippen LogP contribution in [0.3, 0.4) is 0 Å². The fourth-order valence-electron chi connectivity index (χ4n) is 1.96. The molecule has 0 spiro atoms. The highest BCUT2D eigenvalue weighted by Crippen LogP contribution is 2.21. The van der Waals surface area contributed by atoms with Gasteiger partial charge >= 0.3 is 5.97 Å². The van der Waals surface area contributed by atoms with Crippen molar-refractivity contribution in [3.8, 4) is 0 Å². The first-order chi connectivity index (χ1) is 10.5. The van der Waals surface area contributed by atoms with Gasteiger partial charge in [0.05, 0.1) is 18.5 Å². The third-order valence-electron chi connectivity index (χ3n) is 3.24. The fraction of sp³-hybridized carbons (Fsp3) is 0.429. The zero-order valence-electron chi connectivity index (χ0n) is 13.0. The van der Waals surface area contributed by atoms with Crippen molar-refractivity contribution in [3.63, 3.8) is 0 Å². The second-order valence-electron chi connectivity index (χ2n) is 4.81. The first kappa shape index (κ1) is 15.7. The van der Waals surface area contributed by atoms with Crippen LogP contribution in [0, 0.1) is 6.92 Å².